The van der Waals surface area contributed by atoms with E-state index in [4.69, 9.17) is 10.2 Å². The van der Waals surface area contributed by atoms with Crippen molar-refractivity contribution in [2.24, 2.45) is 16.3 Å². The lowest BCUT2D eigenvalue weighted by Crippen LogP contribution is -2.29. The van der Waals surface area contributed by atoms with Crippen molar-refractivity contribution in [3.63, 3.8) is 0 Å². The molecule has 0 spiro atoms. The highest BCUT2D eigenvalue weighted by molar-refractivity contribution is 5.76. The van der Waals surface area contributed by atoms with Gasteiger partial charge in [0.15, 0.2) is 0 Å². The van der Waals surface area contributed by atoms with Crippen LogP contribution in [0, 0.1) is 5.92 Å². The van der Waals surface area contributed by atoms with Crippen LogP contribution in [0.25, 0.3) is 11.0 Å². The predicted octanol–water partition coefficient (Wildman–Crippen LogP) is 3.64. The Morgan fingerprint density at radius 2 is 2.10 bits per heavy atom. The quantitative estimate of drug-likeness (QED) is 0.449. The van der Waals surface area contributed by atoms with Gasteiger partial charge in [0.1, 0.15) is 11.9 Å². The third-order valence-corrected chi connectivity index (χ3v) is 5.22. The number of hydrogen-bond donors (Lipinski definition) is 2. The van der Waals surface area contributed by atoms with Gasteiger partial charge >= 0.3 is 0 Å². The summed E-state index contributed by atoms with van der Waals surface area (Å²) in [6, 6.07) is 12.0. The Kier molecular flexibility index (Phi) is 6.03. The molecule has 2 aromatic heterocycles. The van der Waals surface area contributed by atoms with Crippen LogP contribution in [0.2, 0.25) is 0 Å². The normalized spacial score (nSPS) is 15.9. The summed E-state index contributed by atoms with van der Waals surface area (Å²) >= 11 is 0. The van der Waals surface area contributed by atoms with Crippen LogP contribution in [0.1, 0.15) is 37.7 Å². The number of hydroxylamine groups is 1. The van der Waals surface area contributed by atoms with E-state index in [1.54, 1.807) is 17.8 Å². The van der Waals surface area contributed by atoms with Crippen molar-refractivity contribution >= 4 is 16.9 Å². The number of nitrogens with zero attached hydrogens (tertiary/aromatic N) is 6. The number of imidazole rings is 1. The summed E-state index contributed by atoms with van der Waals surface area (Å²) in [5, 5.41) is 19.2. The van der Waals surface area contributed by atoms with Crippen LogP contribution < -0.4 is 5.48 Å². The summed E-state index contributed by atoms with van der Waals surface area (Å²) in [4.78, 5) is 20.5. The molecule has 1 amide bonds. The smallest absolute Gasteiger partial charge is 0.247 e. The monoisotopic (exact) mass is 419 g/mol. The first kappa shape index (κ1) is 20.7. The topological polar surface area (TPSA) is 108 Å². The highest BCUT2D eigenvalue weighted by atomic mass is 16.5. The van der Waals surface area contributed by atoms with Gasteiger partial charge < -0.3 is 4.57 Å². The molecule has 3 heterocycles. The fraction of sp³-hybridized carbons (Fsp3) is 0.318. The Balaban J connectivity index is 1.69. The Labute approximate surface area is 180 Å². The largest absolute Gasteiger partial charge is 0.322 e. The Hall–Kier alpha value is -3.59. The minimum atomic E-state index is -0.486. The second-order valence-electron chi connectivity index (χ2n) is 7.82. The van der Waals surface area contributed by atoms with E-state index in [1.165, 1.54) is 0 Å². The van der Waals surface area contributed by atoms with E-state index in [-0.39, 0.29) is 18.4 Å². The number of fused-ring (bicyclic) bond motifs is 1. The molecule has 31 heavy (non-hydrogen) atoms. The van der Waals surface area contributed by atoms with Crippen LogP contribution in [0.5, 0.6) is 0 Å². The molecular weight excluding hydrogens is 394 g/mol. The summed E-state index contributed by atoms with van der Waals surface area (Å²) < 4.78 is 2.22. The zero-order valence-corrected chi connectivity index (χ0v) is 17.5. The summed E-state index contributed by atoms with van der Waals surface area (Å²) in [6.07, 6.45) is 5.35. The van der Waals surface area contributed by atoms with E-state index in [0.29, 0.717) is 18.8 Å². The SMILES string of the molecule is CC(C)C(c1nc2ccccc2n1Cc1cccnc1)N1C/C(=C/CC(=O)NO)N=N1. The van der Waals surface area contributed by atoms with Gasteiger partial charge in [0.25, 0.3) is 0 Å². The Morgan fingerprint density at radius 1 is 1.26 bits per heavy atom. The molecule has 0 fully saturated rings. The third-order valence-electron chi connectivity index (χ3n) is 5.22. The molecule has 9 nitrogen and oxygen atoms in total. The fourth-order valence-electron chi connectivity index (χ4n) is 3.80. The standard InChI is InChI=1S/C22H25N7O2/c1-15(2)21(29-14-17(25-27-29)9-10-20(30)26-31)22-24-18-7-3-4-8-19(18)28(22)13-16-6-5-11-23-12-16/h3-9,11-12,15,21,31H,10,13-14H2,1-2H3,(H,26,30)/b17-9-. The van der Waals surface area contributed by atoms with Gasteiger partial charge in [0.2, 0.25) is 5.91 Å². The first-order chi connectivity index (χ1) is 15.1. The highest BCUT2D eigenvalue weighted by Crippen LogP contribution is 2.34. The highest BCUT2D eigenvalue weighted by Gasteiger charge is 2.31. The van der Waals surface area contributed by atoms with E-state index < -0.39 is 5.91 Å². The lowest BCUT2D eigenvalue weighted by atomic mass is 10.0. The molecule has 0 radical (unpaired) electrons. The number of rotatable bonds is 7. The summed E-state index contributed by atoms with van der Waals surface area (Å²) in [5.41, 5.74) is 5.38. The van der Waals surface area contributed by atoms with Crippen LogP contribution in [0.15, 0.2) is 70.9 Å². The van der Waals surface area contributed by atoms with Gasteiger partial charge in [0.05, 0.1) is 29.8 Å². The van der Waals surface area contributed by atoms with E-state index in [2.05, 4.69) is 45.9 Å². The average Bonchev–Trinajstić information content (AvgIpc) is 3.38. The minimum Gasteiger partial charge on any atom is -0.322 e. The zero-order chi connectivity index (χ0) is 21.8. The molecule has 2 N–H and O–H groups in total. The maximum absolute atomic E-state index is 11.3. The number of carbonyl (C=O) groups excluding carboxylic acids is 1. The van der Waals surface area contributed by atoms with Crippen molar-refractivity contribution < 1.29 is 10.0 Å². The van der Waals surface area contributed by atoms with Crippen molar-refractivity contribution in [2.45, 2.75) is 32.9 Å². The average molecular weight is 419 g/mol. The molecule has 1 unspecified atom stereocenters. The molecule has 1 aliphatic rings. The first-order valence-electron chi connectivity index (χ1n) is 10.2. The molecule has 1 aromatic carbocycles. The molecule has 160 valence electrons. The van der Waals surface area contributed by atoms with Gasteiger partial charge in [-0.15, -0.1) is 5.11 Å². The number of nitrogens with one attached hydrogen (secondary N) is 1. The second kappa shape index (κ2) is 9.05. The van der Waals surface area contributed by atoms with Crippen molar-refractivity contribution in [3.8, 4) is 0 Å². The molecular formula is C22H25N7O2. The lowest BCUT2D eigenvalue weighted by Gasteiger charge is -2.28. The first-order valence-corrected chi connectivity index (χ1v) is 10.2. The molecule has 3 aromatic rings. The van der Waals surface area contributed by atoms with Crippen molar-refractivity contribution in [1.29, 1.82) is 0 Å². The van der Waals surface area contributed by atoms with Crippen molar-refractivity contribution in [3.05, 3.63) is 72.0 Å². The van der Waals surface area contributed by atoms with Crippen LogP contribution in [-0.4, -0.2) is 37.2 Å². The Morgan fingerprint density at radius 3 is 2.84 bits per heavy atom. The molecule has 0 aliphatic carbocycles. The van der Waals surface area contributed by atoms with E-state index in [1.807, 2.05) is 35.5 Å². The minimum absolute atomic E-state index is 0.0462. The van der Waals surface area contributed by atoms with Gasteiger partial charge in [-0.05, 0) is 35.8 Å². The number of carbonyl (C=O) groups is 1. The summed E-state index contributed by atoms with van der Waals surface area (Å²) in [6.45, 7) is 5.39. The van der Waals surface area contributed by atoms with Crippen LogP contribution in [-0.2, 0) is 11.3 Å². The molecule has 1 atom stereocenters. The predicted molar refractivity (Wildman–Crippen MR) is 115 cm³/mol. The van der Waals surface area contributed by atoms with Crippen LogP contribution in [0.3, 0.4) is 0 Å². The summed E-state index contributed by atoms with van der Waals surface area (Å²) in [7, 11) is 0. The fourth-order valence-corrected chi connectivity index (χ4v) is 3.80. The van der Waals surface area contributed by atoms with E-state index >= 15 is 0 Å². The molecule has 0 saturated heterocycles. The number of benzene rings is 1. The zero-order valence-electron chi connectivity index (χ0n) is 17.5. The Bertz CT molecular complexity index is 1120. The number of hydrogen-bond acceptors (Lipinski definition) is 7. The van der Waals surface area contributed by atoms with Crippen molar-refractivity contribution in [1.82, 2.24) is 25.0 Å². The van der Waals surface area contributed by atoms with Gasteiger partial charge in [-0.1, -0.05) is 37.3 Å². The van der Waals surface area contributed by atoms with Gasteiger partial charge in [-0.25, -0.2) is 10.5 Å². The lowest BCUT2D eigenvalue weighted by molar-refractivity contribution is -0.128. The van der Waals surface area contributed by atoms with Gasteiger partial charge in [0, 0.05) is 18.8 Å². The second-order valence-corrected chi connectivity index (χ2v) is 7.82. The van der Waals surface area contributed by atoms with Crippen LogP contribution in [0.4, 0.5) is 0 Å². The molecule has 9 heteroatoms. The number of aromatic nitrogens is 3. The number of amides is 1. The van der Waals surface area contributed by atoms with Crippen molar-refractivity contribution in [2.75, 3.05) is 6.54 Å². The van der Waals surface area contributed by atoms with E-state index in [0.717, 1.165) is 22.4 Å². The van der Waals surface area contributed by atoms with E-state index in [9.17, 15) is 4.79 Å². The molecule has 0 bridgehead atoms. The maximum Gasteiger partial charge on any atom is 0.247 e. The summed E-state index contributed by atoms with van der Waals surface area (Å²) in [5.74, 6) is 0.636. The van der Waals surface area contributed by atoms with Gasteiger partial charge in [-0.3, -0.25) is 20.0 Å². The molecule has 1 aliphatic heterocycles. The molecule has 4 rings (SSSR count). The van der Waals surface area contributed by atoms with Crippen LogP contribution >= 0.6 is 0 Å². The number of pyridine rings is 1. The van der Waals surface area contributed by atoms with Gasteiger partial charge in [-0.2, -0.15) is 0 Å². The maximum atomic E-state index is 11.3. The number of para-hydroxylation sites is 2. The third kappa shape index (κ3) is 4.46. The molecule has 0 saturated carbocycles.